The second-order valence-corrected chi connectivity index (χ2v) is 3.47. The van der Waals surface area contributed by atoms with Crippen LogP contribution in [0.1, 0.15) is 13.3 Å². The summed E-state index contributed by atoms with van der Waals surface area (Å²) in [4.78, 5) is 30.6. The van der Waals surface area contributed by atoms with Gasteiger partial charge in [0.1, 0.15) is 12.2 Å². The lowest BCUT2D eigenvalue weighted by Crippen LogP contribution is -2.34. The monoisotopic (exact) mass is 240 g/mol. The van der Waals surface area contributed by atoms with E-state index < -0.39 is 11.5 Å². The van der Waals surface area contributed by atoms with Gasteiger partial charge in [0.2, 0.25) is 0 Å². The van der Waals surface area contributed by atoms with Gasteiger partial charge in [0.05, 0.1) is 13.4 Å². The molecule has 1 aromatic rings. The van der Waals surface area contributed by atoms with Crippen LogP contribution in [0.3, 0.4) is 0 Å². The molecule has 0 bridgehead atoms. The summed E-state index contributed by atoms with van der Waals surface area (Å²) in [5.41, 5.74) is 5.22. The fourth-order valence-electron chi connectivity index (χ4n) is 1.40. The Morgan fingerprint density at radius 2 is 2.35 bits per heavy atom. The molecule has 0 spiro atoms. The maximum absolute atomic E-state index is 11.3. The molecular weight excluding hydrogens is 224 g/mol. The number of methoxy groups -OCH3 is 1. The summed E-state index contributed by atoms with van der Waals surface area (Å²) in [6, 6.07) is 0. The minimum atomic E-state index is -0.416. The van der Waals surface area contributed by atoms with Crippen LogP contribution < -0.4 is 16.2 Å². The highest BCUT2D eigenvalue weighted by Crippen LogP contribution is 2.15. The molecule has 0 atom stereocenters. The highest BCUT2D eigenvalue weighted by Gasteiger charge is 2.16. The summed E-state index contributed by atoms with van der Waals surface area (Å²) in [6.07, 6.45) is 2.05. The van der Waals surface area contributed by atoms with E-state index in [0.29, 0.717) is 12.4 Å². The van der Waals surface area contributed by atoms with E-state index in [4.69, 9.17) is 5.73 Å². The minimum Gasteiger partial charge on any atom is -0.468 e. The fourth-order valence-corrected chi connectivity index (χ4v) is 1.40. The van der Waals surface area contributed by atoms with E-state index in [1.54, 1.807) is 4.90 Å². The van der Waals surface area contributed by atoms with Crippen molar-refractivity contribution in [2.75, 3.05) is 30.8 Å². The minimum absolute atomic E-state index is 0.00449. The number of H-pyrrole nitrogens is 1. The van der Waals surface area contributed by atoms with Gasteiger partial charge in [-0.05, 0) is 6.42 Å². The van der Waals surface area contributed by atoms with E-state index in [1.807, 2.05) is 6.92 Å². The average molecular weight is 240 g/mol. The normalized spacial score (nSPS) is 10.0. The summed E-state index contributed by atoms with van der Waals surface area (Å²) in [6.45, 7) is 2.54. The number of esters is 1. The maximum Gasteiger partial charge on any atom is 0.325 e. The Hall–Kier alpha value is -2.05. The van der Waals surface area contributed by atoms with Gasteiger partial charge in [0, 0.05) is 6.54 Å². The summed E-state index contributed by atoms with van der Waals surface area (Å²) < 4.78 is 4.58. The molecule has 17 heavy (non-hydrogen) atoms. The first kappa shape index (κ1) is 13.0. The average Bonchev–Trinajstić information content (AvgIpc) is 2.32. The first-order chi connectivity index (χ1) is 8.10. The standard InChI is InChI=1S/C10H16N4O3/c1-3-4-14(5-7(15)17-2)9-8(11)10(16)13-6-12-9/h6H,3-5,11H2,1-2H3,(H,12,13,16). The summed E-state index contributed by atoms with van der Waals surface area (Å²) in [7, 11) is 1.31. The van der Waals surface area contributed by atoms with E-state index in [1.165, 1.54) is 13.4 Å². The van der Waals surface area contributed by atoms with Crippen molar-refractivity contribution in [2.24, 2.45) is 0 Å². The number of nitrogens with one attached hydrogen (secondary N) is 1. The van der Waals surface area contributed by atoms with E-state index in [0.717, 1.165) is 6.42 Å². The lowest BCUT2D eigenvalue weighted by atomic mass is 10.3. The molecule has 94 valence electrons. The quantitative estimate of drug-likeness (QED) is 0.688. The molecule has 0 aromatic carbocycles. The highest BCUT2D eigenvalue weighted by atomic mass is 16.5. The molecule has 7 heteroatoms. The second-order valence-electron chi connectivity index (χ2n) is 3.47. The molecule has 1 heterocycles. The van der Waals surface area contributed by atoms with Gasteiger partial charge >= 0.3 is 5.97 Å². The summed E-state index contributed by atoms with van der Waals surface area (Å²) >= 11 is 0. The molecule has 0 radical (unpaired) electrons. The smallest absolute Gasteiger partial charge is 0.325 e. The molecule has 0 amide bonds. The van der Waals surface area contributed by atoms with Crippen molar-refractivity contribution in [2.45, 2.75) is 13.3 Å². The number of hydrogen-bond acceptors (Lipinski definition) is 6. The Bertz CT molecular complexity index is 443. The lowest BCUT2D eigenvalue weighted by Gasteiger charge is -2.22. The molecule has 0 aliphatic carbocycles. The van der Waals surface area contributed by atoms with Crippen LogP contribution in [0.2, 0.25) is 0 Å². The van der Waals surface area contributed by atoms with E-state index in [9.17, 15) is 9.59 Å². The van der Waals surface area contributed by atoms with Gasteiger partial charge in [-0.2, -0.15) is 0 Å². The van der Waals surface area contributed by atoms with E-state index >= 15 is 0 Å². The van der Waals surface area contributed by atoms with Crippen molar-refractivity contribution < 1.29 is 9.53 Å². The number of hydrogen-bond donors (Lipinski definition) is 2. The molecule has 0 saturated heterocycles. The third-order valence-corrected chi connectivity index (χ3v) is 2.21. The van der Waals surface area contributed by atoms with Gasteiger partial charge in [0.15, 0.2) is 5.82 Å². The number of carbonyl (C=O) groups is 1. The molecule has 0 saturated carbocycles. The number of aromatic nitrogens is 2. The van der Waals surface area contributed by atoms with Crippen molar-refractivity contribution in [3.8, 4) is 0 Å². The first-order valence-corrected chi connectivity index (χ1v) is 5.25. The van der Waals surface area contributed by atoms with E-state index in [-0.39, 0.29) is 12.2 Å². The van der Waals surface area contributed by atoms with Crippen LogP contribution >= 0.6 is 0 Å². The van der Waals surface area contributed by atoms with Crippen LogP contribution in [0.25, 0.3) is 0 Å². The molecule has 7 nitrogen and oxygen atoms in total. The van der Waals surface area contributed by atoms with Crippen LogP contribution in [0.15, 0.2) is 11.1 Å². The zero-order valence-corrected chi connectivity index (χ0v) is 9.90. The van der Waals surface area contributed by atoms with Gasteiger partial charge in [0.25, 0.3) is 5.56 Å². The third-order valence-electron chi connectivity index (χ3n) is 2.21. The molecule has 3 N–H and O–H groups in total. The number of rotatable bonds is 5. The molecule has 1 aromatic heterocycles. The Labute approximate surface area is 98.6 Å². The number of anilines is 2. The highest BCUT2D eigenvalue weighted by molar-refractivity contribution is 5.77. The summed E-state index contributed by atoms with van der Waals surface area (Å²) in [5, 5.41) is 0. The lowest BCUT2D eigenvalue weighted by molar-refractivity contribution is -0.138. The Morgan fingerprint density at radius 3 is 2.94 bits per heavy atom. The van der Waals surface area contributed by atoms with Gasteiger partial charge < -0.3 is 20.4 Å². The topological polar surface area (TPSA) is 101 Å². The van der Waals surface area contributed by atoms with Gasteiger partial charge in [-0.3, -0.25) is 9.59 Å². The number of nitrogens with zero attached hydrogens (tertiary/aromatic N) is 2. The predicted molar refractivity (Wildman–Crippen MR) is 63.8 cm³/mol. The van der Waals surface area contributed by atoms with Crippen LogP contribution in [0.5, 0.6) is 0 Å². The molecular formula is C10H16N4O3. The molecule has 0 aliphatic rings. The second kappa shape index (κ2) is 5.88. The van der Waals surface area contributed by atoms with Crippen molar-refractivity contribution in [3.05, 3.63) is 16.7 Å². The van der Waals surface area contributed by atoms with Crippen LogP contribution in [-0.4, -0.2) is 36.1 Å². The summed E-state index contributed by atoms with van der Waals surface area (Å²) in [5.74, 6) is -0.0964. The fraction of sp³-hybridized carbons (Fsp3) is 0.500. The third kappa shape index (κ3) is 3.20. The molecule has 1 rings (SSSR count). The SMILES string of the molecule is CCCN(CC(=O)OC)c1nc[nH]c(=O)c1N. The number of carbonyl (C=O) groups excluding carboxylic acids is 1. The van der Waals surface area contributed by atoms with Crippen molar-refractivity contribution in [3.63, 3.8) is 0 Å². The van der Waals surface area contributed by atoms with Gasteiger partial charge in [-0.1, -0.05) is 6.92 Å². The molecule has 0 fully saturated rings. The van der Waals surface area contributed by atoms with Crippen LogP contribution in [0.4, 0.5) is 11.5 Å². The number of nitrogen functional groups attached to an aromatic ring is 1. The Balaban J connectivity index is 3.00. The van der Waals surface area contributed by atoms with Gasteiger partial charge in [-0.15, -0.1) is 0 Å². The van der Waals surface area contributed by atoms with Gasteiger partial charge in [-0.25, -0.2) is 4.98 Å². The maximum atomic E-state index is 11.3. The predicted octanol–water partition coefficient (Wildman–Crippen LogP) is -0.258. The Kier molecular flexibility index (Phi) is 4.50. The first-order valence-electron chi connectivity index (χ1n) is 5.25. The van der Waals surface area contributed by atoms with Crippen LogP contribution in [-0.2, 0) is 9.53 Å². The molecule has 0 aliphatic heterocycles. The zero-order valence-electron chi connectivity index (χ0n) is 9.90. The van der Waals surface area contributed by atoms with Crippen LogP contribution in [0, 0.1) is 0 Å². The largest absolute Gasteiger partial charge is 0.468 e. The Morgan fingerprint density at radius 1 is 1.65 bits per heavy atom. The number of nitrogens with two attached hydrogens (primary N) is 1. The number of ether oxygens (including phenoxy) is 1. The van der Waals surface area contributed by atoms with Crippen molar-refractivity contribution in [1.82, 2.24) is 9.97 Å². The molecule has 0 unspecified atom stereocenters. The zero-order chi connectivity index (χ0) is 12.8. The van der Waals surface area contributed by atoms with Crippen molar-refractivity contribution >= 4 is 17.5 Å². The van der Waals surface area contributed by atoms with Crippen molar-refractivity contribution in [1.29, 1.82) is 0 Å². The van der Waals surface area contributed by atoms with E-state index in [2.05, 4.69) is 14.7 Å². The number of aromatic amines is 1.